The van der Waals surface area contributed by atoms with E-state index in [0.717, 1.165) is 5.56 Å². The molecule has 1 aromatic carbocycles. The van der Waals surface area contributed by atoms with Crippen LogP contribution in [0.5, 0.6) is 0 Å². The molecule has 0 unspecified atom stereocenters. The van der Waals surface area contributed by atoms with Crippen LogP contribution in [0.3, 0.4) is 0 Å². The van der Waals surface area contributed by atoms with Crippen LogP contribution in [-0.2, 0) is 7.05 Å². The Morgan fingerprint density at radius 3 is 2.74 bits per heavy atom. The number of hydrogen-bond acceptors (Lipinski definition) is 3. The number of aromatic nitrogens is 4. The van der Waals surface area contributed by atoms with E-state index < -0.39 is 0 Å². The number of aromatic amines is 1. The summed E-state index contributed by atoms with van der Waals surface area (Å²) >= 11 is 0. The zero-order valence-corrected chi connectivity index (χ0v) is 10.2. The molecule has 2 aromatic heterocycles. The molecule has 0 spiro atoms. The standard InChI is InChI=1S/C14H10N4O/c1-18-11(8-7-10-5-3-2-4-6-10)17-12-13(18)15-9-16-14(12)19/h2-6,9H,1H3,(H,15,16,19). The maximum absolute atomic E-state index is 11.6. The van der Waals surface area contributed by atoms with Crippen LogP contribution in [0.4, 0.5) is 0 Å². The highest BCUT2D eigenvalue weighted by molar-refractivity contribution is 5.70. The largest absolute Gasteiger partial charge is 0.311 e. The van der Waals surface area contributed by atoms with E-state index in [1.54, 1.807) is 11.6 Å². The lowest BCUT2D eigenvalue weighted by molar-refractivity contribution is 0.908. The SMILES string of the molecule is Cn1c(C#Cc2ccccc2)nc2c(=O)[nH]cnc21. The van der Waals surface area contributed by atoms with Crippen molar-refractivity contribution in [1.82, 2.24) is 19.5 Å². The van der Waals surface area contributed by atoms with Gasteiger partial charge in [-0.3, -0.25) is 4.79 Å². The highest BCUT2D eigenvalue weighted by Crippen LogP contribution is 2.06. The molecule has 0 atom stereocenters. The predicted molar refractivity (Wildman–Crippen MR) is 71.6 cm³/mol. The molecule has 0 amide bonds. The third-order valence-electron chi connectivity index (χ3n) is 2.75. The summed E-state index contributed by atoms with van der Waals surface area (Å²) < 4.78 is 1.71. The third kappa shape index (κ3) is 2.00. The summed E-state index contributed by atoms with van der Waals surface area (Å²) in [7, 11) is 1.79. The summed E-state index contributed by atoms with van der Waals surface area (Å²) in [6.45, 7) is 0. The Balaban J connectivity index is 2.13. The van der Waals surface area contributed by atoms with Crippen LogP contribution in [0.15, 0.2) is 41.5 Å². The van der Waals surface area contributed by atoms with Gasteiger partial charge in [-0.25, -0.2) is 9.97 Å². The fraction of sp³-hybridized carbons (Fsp3) is 0.0714. The maximum Gasteiger partial charge on any atom is 0.278 e. The van der Waals surface area contributed by atoms with E-state index in [1.807, 2.05) is 30.3 Å². The number of benzene rings is 1. The van der Waals surface area contributed by atoms with Gasteiger partial charge < -0.3 is 9.55 Å². The van der Waals surface area contributed by atoms with Crippen LogP contribution in [0.25, 0.3) is 11.2 Å². The predicted octanol–water partition coefficient (Wildman–Crippen LogP) is 1.06. The van der Waals surface area contributed by atoms with Gasteiger partial charge in [0.05, 0.1) is 6.33 Å². The zero-order valence-electron chi connectivity index (χ0n) is 10.2. The van der Waals surface area contributed by atoms with E-state index in [-0.39, 0.29) is 5.56 Å². The monoisotopic (exact) mass is 250 g/mol. The third-order valence-corrected chi connectivity index (χ3v) is 2.75. The molecule has 0 fully saturated rings. The fourth-order valence-electron chi connectivity index (χ4n) is 1.77. The lowest BCUT2D eigenvalue weighted by Crippen LogP contribution is -2.06. The molecule has 0 saturated carbocycles. The lowest BCUT2D eigenvalue weighted by atomic mass is 10.2. The van der Waals surface area contributed by atoms with Crippen LogP contribution < -0.4 is 5.56 Å². The summed E-state index contributed by atoms with van der Waals surface area (Å²) in [5, 5.41) is 0. The molecule has 5 nitrogen and oxygen atoms in total. The first-order valence-corrected chi connectivity index (χ1v) is 5.73. The van der Waals surface area contributed by atoms with Gasteiger partial charge in [-0.15, -0.1) is 0 Å². The Morgan fingerprint density at radius 2 is 2.00 bits per heavy atom. The van der Waals surface area contributed by atoms with Crippen LogP contribution in [0.2, 0.25) is 0 Å². The van der Waals surface area contributed by atoms with Crippen molar-refractivity contribution in [3.63, 3.8) is 0 Å². The van der Waals surface area contributed by atoms with E-state index in [0.29, 0.717) is 17.0 Å². The molecule has 0 aliphatic heterocycles. The van der Waals surface area contributed by atoms with E-state index in [4.69, 9.17) is 0 Å². The quantitative estimate of drug-likeness (QED) is 0.607. The number of aryl methyl sites for hydroxylation is 1. The second-order valence-electron chi connectivity index (χ2n) is 4.01. The fourth-order valence-corrected chi connectivity index (χ4v) is 1.77. The smallest absolute Gasteiger partial charge is 0.278 e. The second-order valence-corrected chi connectivity index (χ2v) is 4.01. The minimum absolute atomic E-state index is 0.256. The molecule has 5 heteroatoms. The topological polar surface area (TPSA) is 63.6 Å². The number of rotatable bonds is 0. The molecule has 1 N–H and O–H groups in total. The summed E-state index contributed by atoms with van der Waals surface area (Å²) in [6, 6.07) is 9.61. The van der Waals surface area contributed by atoms with Crippen molar-refractivity contribution >= 4 is 11.2 Å². The number of hydrogen-bond donors (Lipinski definition) is 1. The van der Waals surface area contributed by atoms with Crippen molar-refractivity contribution in [3.8, 4) is 11.8 Å². The van der Waals surface area contributed by atoms with Gasteiger partial charge in [0.2, 0.25) is 0 Å². The molecule has 0 radical (unpaired) electrons. The Morgan fingerprint density at radius 1 is 1.21 bits per heavy atom. The molecule has 3 rings (SSSR count). The molecule has 0 bridgehead atoms. The van der Waals surface area contributed by atoms with Crippen molar-refractivity contribution in [2.75, 3.05) is 0 Å². The van der Waals surface area contributed by atoms with Crippen molar-refractivity contribution < 1.29 is 0 Å². The first kappa shape index (κ1) is 11.2. The van der Waals surface area contributed by atoms with Crippen molar-refractivity contribution in [1.29, 1.82) is 0 Å². The van der Waals surface area contributed by atoms with E-state index in [1.165, 1.54) is 6.33 Å². The Bertz CT molecular complexity index is 850. The highest BCUT2D eigenvalue weighted by atomic mass is 16.1. The maximum atomic E-state index is 11.6. The first-order chi connectivity index (χ1) is 9.25. The first-order valence-electron chi connectivity index (χ1n) is 5.73. The van der Waals surface area contributed by atoms with Gasteiger partial charge >= 0.3 is 0 Å². The number of nitrogens with zero attached hydrogens (tertiary/aromatic N) is 3. The van der Waals surface area contributed by atoms with E-state index in [9.17, 15) is 4.79 Å². The molecule has 2 heterocycles. The Hall–Kier alpha value is -2.87. The van der Waals surface area contributed by atoms with Gasteiger partial charge in [-0.1, -0.05) is 24.1 Å². The average Bonchev–Trinajstić information content (AvgIpc) is 2.77. The highest BCUT2D eigenvalue weighted by Gasteiger charge is 2.09. The van der Waals surface area contributed by atoms with Crippen molar-refractivity contribution in [2.45, 2.75) is 0 Å². The van der Waals surface area contributed by atoms with E-state index >= 15 is 0 Å². The molecule has 0 saturated heterocycles. The van der Waals surface area contributed by atoms with Crippen LogP contribution in [0, 0.1) is 11.8 Å². The molecule has 0 aliphatic carbocycles. The van der Waals surface area contributed by atoms with Crippen LogP contribution >= 0.6 is 0 Å². The van der Waals surface area contributed by atoms with Gasteiger partial charge in [0.1, 0.15) is 0 Å². The molecule has 92 valence electrons. The average molecular weight is 250 g/mol. The van der Waals surface area contributed by atoms with Crippen LogP contribution in [0.1, 0.15) is 11.4 Å². The number of imidazole rings is 1. The number of nitrogens with one attached hydrogen (secondary N) is 1. The minimum Gasteiger partial charge on any atom is -0.311 e. The summed E-state index contributed by atoms with van der Waals surface area (Å²) in [6.07, 6.45) is 1.36. The summed E-state index contributed by atoms with van der Waals surface area (Å²) in [5.41, 5.74) is 1.48. The van der Waals surface area contributed by atoms with Gasteiger partial charge in [0.15, 0.2) is 17.0 Å². The van der Waals surface area contributed by atoms with E-state index in [2.05, 4.69) is 26.8 Å². The molecule has 19 heavy (non-hydrogen) atoms. The molecular formula is C14H10N4O. The minimum atomic E-state index is -0.256. The van der Waals surface area contributed by atoms with Gasteiger partial charge in [0.25, 0.3) is 5.56 Å². The zero-order chi connectivity index (χ0) is 13.2. The lowest BCUT2D eigenvalue weighted by Gasteiger charge is -1.93. The molecular weight excluding hydrogens is 240 g/mol. The van der Waals surface area contributed by atoms with Gasteiger partial charge in [-0.05, 0) is 18.1 Å². The van der Waals surface area contributed by atoms with Gasteiger partial charge in [0, 0.05) is 12.6 Å². The van der Waals surface area contributed by atoms with Crippen molar-refractivity contribution in [2.24, 2.45) is 7.05 Å². The van der Waals surface area contributed by atoms with Crippen LogP contribution in [-0.4, -0.2) is 19.5 Å². The molecule has 0 aliphatic rings. The Labute approximate surface area is 109 Å². The van der Waals surface area contributed by atoms with Gasteiger partial charge in [-0.2, -0.15) is 0 Å². The number of H-pyrrole nitrogens is 1. The summed E-state index contributed by atoms with van der Waals surface area (Å²) in [4.78, 5) is 22.4. The normalized spacial score (nSPS) is 10.2. The second kappa shape index (κ2) is 4.42. The summed E-state index contributed by atoms with van der Waals surface area (Å²) in [5.74, 6) is 6.48. The van der Waals surface area contributed by atoms with Crippen molar-refractivity contribution in [3.05, 3.63) is 58.4 Å². The molecule has 3 aromatic rings. The Kier molecular flexibility index (Phi) is 2.62. The number of fused-ring (bicyclic) bond motifs is 1.